The molecular weight excluding hydrogens is 258 g/mol. The molecule has 1 atom stereocenters. The number of nitrogens with zero attached hydrogens (tertiary/aromatic N) is 2. The quantitative estimate of drug-likeness (QED) is 0.651. The lowest BCUT2D eigenvalue weighted by Gasteiger charge is -2.19. The molecule has 1 heterocycles. The molecule has 7 nitrogen and oxygen atoms in total. The fourth-order valence-electron chi connectivity index (χ4n) is 1.82. The third-order valence-electron chi connectivity index (χ3n) is 2.62. The standard InChI is InChI=1S/C13H23N5O2/c1-5-15-10-7-11(18-13(14)17-10)16-9(6-8(2)3)12(19)20-4/h7-9H,5-6H2,1-4H3,(H4,14,15,16,17,18). The molecule has 0 saturated heterocycles. The van der Waals surface area contributed by atoms with Gasteiger partial charge >= 0.3 is 5.97 Å². The molecule has 4 N–H and O–H groups in total. The van der Waals surface area contributed by atoms with Crippen LogP contribution < -0.4 is 16.4 Å². The summed E-state index contributed by atoms with van der Waals surface area (Å²) in [5.74, 6) is 1.30. The summed E-state index contributed by atoms with van der Waals surface area (Å²) in [6, 6.07) is 1.26. The van der Waals surface area contributed by atoms with Gasteiger partial charge in [0.1, 0.15) is 17.7 Å². The van der Waals surface area contributed by atoms with E-state index < -0.39 is 6.04 Å². The highest BCUT2D eigenvalue weighted by atomic mass is 16.5. The molecule has 0 bridgehead atoms. The van der Waals surface area contributed by atoms with Crippen LogP contribution in [0.4, 0.5) is 17.6 Å². The summed E-state index contributed by atoms with van der Waals surface area (Å²) in [4.78, 5) is 19.9. The Labute approximate surface area is 119 Å². The van der Waals surface area contributed by atoms with Crippen LogP contribution >= 0.6 is 0 Å². The number of ether oxygens (including phenoxy) is 1. The number of methoxy groups -OCH3 is 1. The zero-order valence-electron chi connectivity index (χ0n) is 12.4. The van der Waals surface area contributed by atoms with Gasteiger partial charge in [0.05, 0.1) is 7.11 Å². The van der Waals surface area contributed by atoms with Crippen molar-refractivity contribution in [2.24, 2.45) is 5.92 Å². The summed E-state index contributed by atoms with van der Waals surface area (Å²) >= 11 is 0. The number of rotatable bonds is 7. The second-order valence-electron chi connectivity index (χ2n) is 4.88. The van der Waals surface area contributed by atoms with E-state index >= 15 is 0 Å². The minimum atomic E-state index is -0.455. The molecule has 0 aliphatic rings. The molecule has 7 heteroatoms. The molecule has 20 heavy (non-hydrogen) atoms. The fourth-order valence-corrected chi connectivity index (χ4v) is 1.82. The number of nitrogen functional groups attached to an aromatic ring is 1. The molecule has 0 spiro atoms. The fraction of sp³-hybridized carbons (Fsp3) is 0.615. The topological polar surface area (TPSA) is 102 Å². The molecule has 1 aromatic rings. The average Bonchev–Trinajstić information content (AvgIpc) is 2.36. The van der Waals surface area contributed by atoms with Gasteiger partial charge in [-0.3, -0.25) is 0 Å². The zero-order valence-corrected chi connectivity index (χ0v) is 12.4. The Kier molecular flexibility index (Phi) is 6.02. The molecule has 0 radical (unpaired) electrons. The van der Waals surface area contributed by atoms with Crippen molar-refractivity contribution < 1.29 is 9.53 Å². The first-order chi connectivity index (χ1) is 9.46. The maximum Gasteiger partial charge on any atom is 0.328 e. The van der Waals surface area contributed by atoms with Gasteiger partial charge in [-0.15, -0.1) is 0 Å². The predicted octanol–water partition coefficient (Wildman–Crippen LogP) is 1.49. The Morgan fingerprint density at radius 2 is 2.05 bits per heavy atom. The number of carbonyl (C=O) groups excluding carboxylic acids is 1. The van der Waals surface area contributed by atoms with Crippen LogP contribution in [0.25, 0.3) is 0 Å². The summed E-state index contributed by atoms with van der Waals surface area (Å²) in [6.07, 6.45) is 0.646. The Hall–Kier alpha value is -2.05. The normalized spacial score (nSPS) is 12.1. The third kappa shape index (κ3) is 4.91. The van der Waals surface area contributed by atoms with Gasteiger partial charge in [0.25, 0.3) is 0 Å². The van der Waals surface area contributed by atoms with E-state index in [2.05, 4.69) is 20.6 Å². The number of hydrogen-bond acceptors (Lipinski definition) is 7. The van der Waals surface area contributed by atoms with E-state index in [-0.39, 0.29) is 11.9 Å². The summed E-state index contributed by atoms with van der Waals surface area (Å²) in [7, 11) is 1.37. The molecular formula is C13H23N5O2. The first kappa shape index (κ1) is 16.0. The lowest BCUT2D eigenvalue weighted by atomic mass is 10.0. The summed E-state index contributed by atoms with van der Waals surface area (Å²) in [5, 5.41) is 6.11. The zero-order chi connectivity index (χ0) is 15.1. The minimum Gasteiger partial charge on any atom is -0.467 e. The summed E-state index contributed by atoms with van der Waals surface area (Å²) < 4.78 is 4.80. The molecule has 0 aliphatic carbocycles. The van der Waals surface area contributed by atoms with Crippen LogP contribution in [-0.2, 0) is 9.53 Å². The molecule has 1 aromatic heterocycles. The molecule has 0 aromatic carbocycles. The SMILES string of the molecule is CCNc1cc(NC(CC(C)C)C(=O)OC)nc(N)n1. The van der Waals surface area contributed by atoms with E-state index in [1.807, 2.05) is 20.8 Å². The third-order valence-corrected chi connectivity index (χ3v) is 2.62. The Bertz CT molecular complexity index is 450. The maximum absolute atomic E-state index is 11.8. The number of hydrogen-bond donors (Lipinski definition) is 3. The second-order valence-corrected chi connectivity index (χ2v) is 4.88. The molecule has 0 amide bonds. The van der Waals surface area contributed by atoms with Gasteiger partial charge in [-0.2, -0.15) is 9.97 Å². The summed E-state index contributed by atoms with van der Waals surface area (Å²) in [6.45, 7) is 6.76. The van der Waals surface area contributed by atoms with Gasteiger partial charge in [0.2, 0.25) is 5.95 Å². The van der Waals surface area contributed by atoms with Gasteiger partial charge in [-0.25, -0.2) is 4.79 Å². The van der Waals surface area contributed by atoms with Crippen LogP contribution in [0.2, 0.25) is 0 Å². The van der Waals surface area contributed by atoms with E-state index in [1.54, 1.807) is 6.07 Å². The number of nitrogens with two attached hydrogens (primary N) is 1. The highest BCUT2D eigenvalue weighted by molar-refractivity contribution is 5.79. The number of carbonyl (C=O) groups is 1. The smallest absolute Gasteiger partial charge is 0.328 e. The second kappa shape index (κ2) is 7.52. The highest BCUT2D eigenvalue weighted by Crippen LogP contribution is 2.16. The number of aromatic nitrogens is 2. The lowest BCUT2D eigenvalue weighted by molar-refractivity contribution is -0.141. The Morgan fingerprint density at radius 1 is 1.40 bits per heavy atom. The van der Waals surface area contributed by atoms with Crippen molar-refractivity contribution in [3.63, 3.8) is 0 Å². The van der Waals surface area contributed by atoms with Crippen molar-refractivity contribution in [3.8, 4) is 0 Å². The van der Waals surface area contributed by atoms with Gasteiger partial charge < -0.3 is 21.1 Å². The first-order valence-electron chi connectivity index (χ1n) is 6.69. The largest absolute Gasteiger partial charge is 0.467 e. The average molecular weight is 281 g/mol. The van der Waals surface area contributed by atoms with Crippen LogP contribution in [0, 0.1) is 5.92 Å². The van der Waals surface area contributed by atoms with Gasteiger partial charge in [-0.05, 0) is 19.3 Å². The summed E-state index contributed by atoms with van der Waals surface area (Å²) in [5.41, 5.74) is 5.66. The van der Waals surface area contributed by atoms with Gasteiger partial charge in [0, 0.05) is 12.6 Å². The minimum absolute atomic E-state index is 0.152. The number of anilines is 3. The number of esters is 1. The molecule has 1 rings (SSSR count). The maximum atomic E-state index is 11.8. The van der Waals surface area contributed by atoms with E-state index in [4.69, 9.17) is 10.5 Å². The first-order valence-corrected chi connectivity index (χ1v) is 6.69. The number of nitrogens with one attached hydrogen (secondary N) is 2. The van der Waals surface area contributed by atoms with Crippen molar-refractivity contribution >= 4 is 23.6 Å². The van der Waals surface area contributed by atoms with Crippen LogP contribution in [0.15, 0.2) is 6.07 Å². The van der Waals surface area contributed by atoms with Crippen molar-refractivity contribution in [3.05, 3.63) is 6.07 Å². The molecule has 112 valence electrons. The van der Waals surface area contributed by atoms with E-state index in [9.17, 15) is 4.79 Å². The Balaban J connectivity index is 2.89. The van der Waals surface area contributed by atoms with E-state index in [0.717, 1.165) is 6.54 Å². The van der Waals surface area contributed by atoms with Crippen molar-refractivity contribution in [2.45, 2.75) is 33.2 Å². The van der Waals surface area contributed by atoms with Crippen molar-refractivity contribution in [1.82, 2.24) is 9.97 Å². The van der Waals surface area contributed by atoms with E-state index in [0.29, 0.717) is 24.0 Å². The monoisotopic (exact) mass is 281 g/mol. The van der Waals surface area contributed by atoms with Gasteiger partial charge in [0.15, 0.2) is 0 Å². The highest BCUT2D eigenvalue weighted by Gasteiger charge is 2.21. The molecule has 0 aliphatic heterocycles. The molecule has 0 saturated carbocycles. The lowest BCUT2D eigenvalue weighted by Crippen LogP contribution is -2.32. The van der Waals surface area contributed by atoms with Gasteiger partial charge in [-0.1, -0.05) is 13.8 Å². The van der Waals surface area contributed by atoms with Crippen LogP contribution in [0.3, 0.4) is 0 Å². The van der Waals surface area contributed by atoms with Crippen molar-refractivity contribution in [2.75, 3.05) is 30.0 Å². The molecule has 0 fully saturated rings. The van der Waals surface area contributed by atoms with Crippen LogP contribution in [-0.4, -0.2) is 35.6 Å². The van der Waals surface area contributed by atoms with E-state index in [1.165, 1.54) is 7.11 Å². The van der Waals surface area contributed by atoms with Crippen LogP contribution in [0.1, 0.15) is 27.2 Å². The van der Waals surface area contributed by atoms with Crippen molar-refractivity contribution in [1.29, 1.82) is 0 Å². The predicted molar refractivity (Wildman–Crippen MR) is 79.5 cm³/mol. The Morgan fingerprint density at radius 3 is 2.60 bits per heavy atom. The molecule has 1 unspecified atom stereocenters. The van der Waals surface area contributed by atoms with Crippen LogP contribution in [0.5, 0.6) is 0 Å².